The van der Waals surface area contributed by atoms with E-state index in [0.29, 0.717) is 6.04 Å². The van der Waals surface area contributed by atoms with E-state index in [9.17, 15) is 0 Å². The number of rotatable bonds is 4. The summed E-state index contributed by atoms with van der Waals surface area (Å²) in [5.41, 5.74) is 2.05. The van der Waals surface area contributed by atoms with Crippen molar-refractivity contribution < 1.29 is 0 Å². The summed E-state index contributed by atoms with van der Waals surface area (Å²) in [6.07, 6.45) is 5.84. The molecule has 1 aliphatic carbocycles. The molecular weight excluding hydrogens is 244 g/mol. The second kappa shape index (κ2) is 4.77. The summed E-state index contributed by atoms with van der Waals surface area (Å²) in [5, 5.41) is 5.40. The van der Waals surface area contributed by atoms with Gasteiger partial charge in [0.15, 0.2) is 0 Å². The number of benzene rings is 1. The van der Waals surface area contributed by atoms with Gasteiger partial charge >= 0.3 is 0 Å². The monoisotopic (exact) mass is 260 g/mol. The number of pyridine rings is 1. The van der Waals surface area contributed by atoms with Gasteiger partial charge in [-0.3, -0.25) is 4.98 Å². The first-order valence-corrected chi connectivity index (χ1v) is 6.91. The van der Waals surface area contributed by atoms with Crippen LogP contribution in [0.3, 0.4) is 0 Å². The zero-order chi connectivity index (χ0) is 12.5. The first-order chi connectivity index (χ1) is 8.72. The van der Waals surface area contributed by atoms with Crippen LogP contribution in [0, 0.1) is 5.92 Å². The van der Waals surface area contributed by atoms with E-state index in [1.807, 2.05) is 30.5 Å². The number of fused-ring (bicyclic) bond motifs is 1. The van der Waals surface area contributed by atoms with Gasteiger partial charge in [-0.15, -0.1) is 0 Å². The Morgan fingerprint density at radius 1 is 1.44 bits per heavy atom. The normalized spacial score (nSPS) is 16.8. The molecule has 0 radical (unpaired) electrons. The zero-order valence-corrected chi connectivity index (χ0v) is 11.2. The summed E-state index contributed by atoms with van der Waals surface area (Å²) in [7, 11) is 0. The third kappa shape index (κ3) is 2.59. The Kier molecular flexibility index (Phi) is 3.13. The number of nitrogens with zero attached hydrogens (tertiary/aromatic N) is 1. The number of hydrogen-bond donors (Lipinski definition) is 1. The highest BCUT2D eigenvalue weighted by atomic mass is 35.5. The third-order valence-corrected chi connectivity index (χ3v) is 3.67. The van der Waals surface area contributed by atoms with E-state index in [4.69, 9.17) is 11.6 Å². The van der Waals surface area contributed by atoms with Gasteiger partial charge in [0, 0.05) is 22.6 Å². The molecule has 1 atom stereocenters. The summed E-state index contributed by atoms with van der Waals surface area (Å²) in [6.45, 7) is 2.23. The SMILES string of the molecule is CC(CC1CC1)Nc1cc(Cl)cc2cccnc12. The van der Waals surface area contributed by atoms with Crippen LogP contribution in [0.5, 0.6) is 0 Å². The summed E-state index contributed by atoms with van der Waals surface area (Å²) in [4.78, 5) is 4.45. The molecule has 1 saturated carbocycles. The van der Waals surface area contributed by atoms with Crippen molar-refractivity contribution in [3.63, 3.8) is 0 Å². The highest BCUT2D eigenvalue weighted by Crippen LogP contribution is 2.35. The van der Waals surface area contributed by atoms with Crippen molar-refractivity contribution >= 4 is 28.2 Å². The quantitative estimate of drug-likeness (QED) is 0.876. The van der Waals surface area contributed by atoms with Gasteiger partial charge in [-0.2, -0.15) is 0 Å². The van der Waals surface area contributed by atoms with Crippen molar-refractivity contribution in [2.75, 3.05) is 5.32 Å². The molecule has 18 heavy (non-hydrogen) atoms. The molecule has 1 N–H and O–H groups in total. The molecule has 3 rings (SSSR count). The van der Waals surface area contributed by atoms with Crippen molar-refractivity contribution in [2.24, 2.45) is 5.92 Å². The fourth-order valence-corrected chi connectivity index (χ4v) is 2.67. The number of anilines is 1. The summed E-state index contributed by atoms with van der Waals surface area (Å²) >= 11 is 6.16. The molecule has 0 spiro atoms. The van der Waals surface area contributed by atoms with Gasteiger partial charge in [-0.25, -0.2) is 0 Å². The summed E-state index contributed by atoms with van der Waals surface area (Å²) < 4.78 is 0. The lowest BCUT2D eigenvalue weighted by molar-refractivity contribution is 0.642. The van der Waals surface area contributed by atoms with E-state index in [-0.39, 0.29) is 0 Å². The molecule has 1 aliphatic rings. The highest BCUT2D eigenvalue weighted by Gasteiger charge is 2.23. The van der Waals surface area contributed by atoms with E-state index in [2.05, 4.69) is 17.2 Å². The first-order valence-electron chi connectivity index (χ1n) is 6.53. The van der Waals surface area contributed by atoms with Gasteiger partial charge in [-0.1, -0.05) is 30.5 Å². The van der Waals surface area contributed by atoms with Crippen LogP contribution in [-0.2, 0) is 0 Å². The molecule has 3 heteroatoms. The fourth-order valence-electron chi connectivity index (χ4n) is 2.44. The Bertz CT molecular complexity index is 563. The maximum absolute atomic E-state index is 6.16. The molecule has 1 aromatic heterocycles. The lowest BCUT2D eigenvalue weighted by atomic mass is 10.1. The number of aromatic nitrogens is 1. The Hall–Kier alpha value is -1.28. The maximum atomic E-state index is 6.16. The maximum Gasteiger partial charge on any atom is 0.0934 e. The fraction of sp³-hybridized carbons (Fsp3) is 0.400. The largest absolute Gasteiger partial charge is 0.381 e. The average Bonchev–Trinajstić information content (AvgIpc) is 3.12. The third-order valence-electron chi connectivity index (χ3n) is 3.46. The Morgan fingerprint density at radius 3 is 3.06 bits per heavy atom. The summed E-state index contributed by atoms with van der Waals surface area (Å²) in [6, 6.07) is 8.39. The van der Waals surface area contributed by atoms with Gasteiger partial charge in [0.2, 0.25) is 0 Å². The topological polar surface area (TPSA) is 24.9 Å². The van der Waals surface area contributed by atoms with Crippen LogP contribution in [0.25, 0.3) is 10.9 Å². The predicted molar refractivity (Wildman–Crippen MR) is 77.2 cm³/mol. The molecule has 0 saturated heterocycles. The molecule has 2 aromatic rings. The van der Waals surface area contributed by atoms with Crippen LogP contribution in [0.2, 0.25) is 5.02 Å². The zero-order valence-electron chi connectivity index (χ0n) is 10.5. The second-order valence-electron chi connectivity index (χ2n) is 5.25. The minimum Gasteiger partial charge on any atom is -0.381 e. The Labute approximate surface area is 112 Å². The van der Waals surface area contributed by atoms with Gasteiger partial charge in [-0.05, 0) is 37.5 Å². The molecule has 0 bridgehead atoms. The lowest BCUT2D eigenvalue weighted by Crippen LogP contribution is -2.16. The van der Waals surface area contributed by atoms with Crippen LogP contribution in [0.4, 0.5) is 5.69 Å². The van der Waals surface area contributed by atoms with Crippen molar-refractivity contribution in [1.29, 1.82) is 0 Å². The number of halogens is 1. The lowest BCUT2D eigenvalue weighted by Gasteiger charge is -2.16. The van der Waals surface area contributed by atoms with Gasteiger partial charge in [0.25, 0.3) is 0 Å². The minimum absolute atomic E-state index is 0.473. The predicted octanol–water partition coefficient (Wildman–Crippen LogP) is 4.49. The molecule has 1 fully saturated rings. The smallest absolute Gasteiger partial charge is 0.0934 e. The summed E-state index contributed by atoms with van der Waals surface area (Å²) in [5.74, 6) is 0.922. The molecule has 2 nitrogen and oxygen atoms in total. The van der Waals surface area contributed by atoms with Crippen LogP contribution < -0.4 is 5.32 Å². The van der Waals surface area contributed by atoms with Gasteiger partial charge in [0.1, 0.15) is 0 Å². The Balaban J connectivity index is 1.89. The molecule has 1 unspecified atom stereocenters. The van der Waals surface area contributed by atoms with E-state index in [0.717, 1.165) is 27.5 Å². The average molecular weight is 261 g/mol. The van der Waals surface area contributed by atoms with Crippen LogP contribution >= 0.6 is 11.6 Å². The van der Waals surface area contributed by atoms with E-state index >= 15 is 0 Å². The molecular formula is C15H17ClN2. The Morgan fingerprint density at radius 2 is 2.28 bits per heavy atom. The molecule has 94 valence electrons. The number of nitrogens with one attached hydrogen (secondary N) is 1. The van der Waals surface area contributed by atoms with Crippen LogP contribution in [0.1, 0.15) is 26.2 Å². The molecule has 1 heterocycles. The molecule has 0 amide bonds. The van der Waals surface area contributed by atoms with Crippen molar-refractivity contribution in [1.82, 2.24) is 4.98 Å². The van der Waals surface area contributed by atoms with Gasteiger partial charge < -0.3 is 5.32 Å². The first kappa shape index (κ1) is 11.8. The minimum atomic E-state index is 0.473. The van der Waals surface area contributed by atoms with E-state index in [1.165, 1.54) is 19.3 Å². The van der Waals surface area contributed by atoms with Crippen molar-refractivity contribution in [2.45, 2.75) is 32.2 Å². The van der Waals surface area contributed by atoms with Crippen molar-refractivity contribution in [3.05, 3.63) is 35.5 Å². The van der Waals surface area contributed by atoms with E-state index in [1.54, 1.807) is 0 Å². The van der Waals surface area contributed by atoms with Gasteiger partial charge in [0.05, 0.1) is 11.2 Å². The van der Waals surface area contributed by atoms with E-state index < -0.39 is 0 Å². The standard InChI is InChI=1S/C15H17ClN2/c1-10(7-11-4-5-11)18-14-9-13(16)8-12-3-2-6-17-15(12)14/h2-3,6,8-11,18H,4-5,7H2,1H3. The number of hydrogen-bond acceptors (Lipinski definition) is 2. The van der Waals surface area contributed by atoms with Crippen LogP contribution in [0.15, 0.2) is 30.5 Å². The van der Waals surface area contributed by atoms with Crippen molar-refractivity contribution in [3.8, 4) is 0 Å². The highest BCUT2D eigenvalue weighted by molar-refractivity contribution is 6.31. The molecule has 0 aliphatic heterocycles. The second-order valence-corrected chi connectivity index (χ2v) is 5.69. The molecule has 1 aromatic carbocycles. The van der Waals surface area contributed by atoms with Crippen LogP contribution in [-0.4, -0.2) is 11.0 Å².